The highest BCUT2D eigenvalue weighted by atomic mass is 35.5. The molecule has 0 saturated heterocycles. The molecule has 2 N–H and O–H groups in total. The van der Waals surface area contributed by atoms with Crippen LogP contribution in [0.2, 0.25) is 0 Å². The number of hydrogen-bond acceptors (Lipinski definition) is 4. The van der Waals surface area contributed by atoms with Gasteiger partial charge in [0.2, 0.25) is 10.0 Å². The molecule has 0 amide bonds. The summed E-state index contributed by atoms with van der Waals surface area (Å²) in [7, 11) is -0.450. The smallest absolute Gasteiger partial charge is 0.242 e. The molecule has 0 bridgehead atoms. The molecule has 3 aromatic rings. The van der Waals surface area contributed by atoms with E-state index in [1.165, 1.54) is 24.5 Å². The number of nitrogens with two attached hydrogens (primary N) is 1. The van der Waals surface area contributed by atoms with Crippen LogP contribution in [0.3, 0.4) is 0 Å². The van der Waals surface area contributed by atoms with Crippen LogP contribution in [0.25, 0.3) is 10.9 Å². The molecule has 0 unspecified atom stereocenters. The monoisotopic (exact) mass is 452 g/mol. The van der Waals surface area contributed by atoms with Crippen molar-refractivity contribution in [2.75, 3.05) is 20.6 Å². The van der Waals surface area contributed by atoms with Crippen molar-refractivity contribution in [3.63, 3.8) is 0 Å². The van der Waals surface area contributed by atoms with E-state index in [-0.39, 0.29) is 36.2 Å². The first kappa shape index (κ1) is 24.0. The van der Waals surface area contributed by atoms with Crippen LogP contribution in [0, 0.1) is 6.92 Å². The standard InChI is InChI=1S/C21H25FN4O2S.ClH/c1-15-19(12-16-4-6-18(7-5-16)29(27,28)25(2)3)20-13-24-11-9-21(20)26(15)14-17(22)8-10-23;/h4-9,11,13H,10,12,14,23H2,1-3H3;1H. The summed E-state index contributed by atoms with van der Waals surface area (Å²) >= 11 is 0. The average Bonchev–Trinajstić information content (AvgIpc) is 2.94. The highest BCUT2D eigenvalue weighted by molar-refractivity contribution is 7.89. The van der Waals surface area contributed by atoms with Crippen molar-refractivity contribution in [1.29, 1.82) is 0 Å². The van der Waals surface area contributed by atoms with E-state index in [1.807, 2.05) is 29.7 Å². The molecular weight excluding hydrogens is 427 g/mol. The Balaban J connectivity index is 0.00000320. The molecule has 0 spiro atoms. The van der Waals surface area contributed by atoms with Crippen LogP contribution in [-0.2, 0) is 23.0 Å². The van der Waals surface area contributed by atoms with Crippen LogP contribution in [0.15, 0.2) is 59.5 Å². The van der Waals surface area contributed by atoms with Gasteiger partial charge < -0.3 is 10.3 Å². The van der Waals surface area contributed by atoms with Gasteiger partial charge in [0.1, 0.15) is 5.83 Å². The second-order valence-electron chi connectivity index (χ2n) is 7.04. The average molecular weight is 453 g/mol. The quantitative estimate of drug-likeness (QED) is 0.595. The summed E-state index contributed by atoms with van der Waals surface area (Å²) in [6.45, 7) is 2.22. The van der Waals surface area contributed by atoms with Gasteiger partial charge in [-0.05, 0) is 48.7 Å². The van der Waals surface area contributed by atoms with Crippen molar-refractivity contribution < 1.29 is 12.8 Å². The van der Waals surface area contributed by atoms with Crippen LogP contribution >= 0.6 is 12.4 Å². The second-order valence-corrected chi connectivity index (χ2v) is 9.19. The maximum absolute atomic E-state index is 14.1. The van der Waals surface area contributed by atoms with Crippen molar-refractivity contribution in [3.8, 4) is 0 Å². The molecule has 0 saturated carbocycles. The van der Waals surface area contributed by atoms with Gasteiger partial charge in [0.25, 0.3) is 0 Å². The Morgan fingerprint density at radius 3 is 2.50 bits per heavy atom. The molecular formula is C21H26ClFN4O2S. The van der Waals surface area contributed by atoms with Gasteiger partial charge in [-0.3, -0.25) is 4.98 Å². The molecule has 162 valence electrons. The molecule has 0 aliphatic heterocycles. The van der Waals surface area contributed by atoms with E-state index in [0.717, 1.165) is 27.7 Å². The molecule has 3 rings (SSSR count). The Labute approximate surface area is 182 Å². The number of pyridine rings is 1. The molecule has 0 aliphatic carbocycles. The lowest BCUT2D eigenvalue weighted by Gasteiger charge is -2.12. The predicted molar refractivity (Wildman–Crippen MR) is 120 cm³/mol. The van der Waals surface area contributed by atoms with Crippen molar-refractivity contribution in [3.05, 3.63) is 71.4 Å². The summed E-state index contributed by atoms with van der Waals surface area (Å²) in [5.41, 5.74) is 9.27. The zero-order valence-electron chi connectivity index (χ0n) is 17.2. The topological polar surface area (TPSA) is 81.2 Å². The maximum atomic E-state index is 14.1. The van der Waals surface area contributed by atoms with Crippen LogP contribution in [0.1, 0.15) is 16.8 Å². The van der Waals surface area contributed by atoms with Crippen molar-refractivity contribution in [1.82, 2.24) is 13.9 Å². The summed E-state index contributed by atoms with van der Waals surface area (Å²) in [5.74, 6) is -0.283. The fourth-order valence-electron chi connectivity index (χ4n) is 3.36. The number of aromatic nitrogens is 2. The summed E-state index contributed by atoms with van der Waals surface area (Å²) in [6, 6.07) is 8.71. The van der Waals surface area contributed by atoms with E-state index < -0.39 is 10.0 Å². The predicted octanol–water partition coefficient (Wildman–Crippen LogP) is 3.42. The fraction of sp³-hybridized carbons (Fsp3) is 0.286. The molecule has 2 heterocycles. The van der Waals surface area contributed by atoms with Crippen LogP contribution in [0.5, 0.6) is 0 Å². The molecule has 1 aromatic carbocycles. The second kappa shape index (κ2) is 9.70. The number of halogens is 2. The first-order valence-electron chi connectivity index (χ1n) is 9.23. The first-order chi connectivity index (χ1) is 13.8. The van der Waals surface area contributed by atoms with Crippen LogP contribution in [-0.4, -0.2) is 42.9 Å². The van der Waals surface area contributed by atoms with Gasteiger partial charge in [-0.2, -0.15) is 0 Å². The molecule has 0 radical (unpaired) electrons. The van der Waals surface area contributed by atoms with Gasteiger partial charge in [-0.1, -0.05) is 12.1 Å². The van der Waals surface area contributed by atoms with E-state index in [9.17, 15) is 12.8 Å². The molecule has 9 heteroatoms. The highest BCUT2D eigenvalue weighted by Crippen LogP contribution is 2.28. The summed E-state index contributed by atoms with van der Waals surface area (Å²) in [4.78, 5) is 4.48. The number of hydrogen-bond donors (Lipinski definition) is 1. The fourth-order valence-corrected chi connectivity index (χ4v) is 4.26. The normalized spacial score (nSPS) is 12.4. The number of benzene rings is 1. The zero-order chi connectivity index (χ0) is 21.2. The molecule has 30 heavy (non-hydrogen) atoms. The third kappa shape index (κ3) is 4.73. The lowest BCUT2D eigenvalue weighted by atomic mass is 10.0. The van der Waals surface area contributed by atoms with E-state index in [2.05, 4.69) is 4.98 Å². The van der Waals surface area contributed by atoms with Gasteiger partial charge in [0, 0.05) is 44.1 Å². The van der Waals surface area contributed by atoms with Crippen LogP contribution < -0.4 is 5.73 Å². The third-order valence-corrected chi connectivity index (χ3v) is 6.82. The molecule has 0 aliphatic rings. The lowest BCUT2D eigenvalue weighted by molar-refractivity contribution is 0.520. The van der Waals surface area contributed by atoms with E-state index in [4.69, 9.17) is 5.73 Å². The SMILES string of the molecule is Cc1c(Cc2ccc(S(=O)(=O)N(C)C)cc2)c2cnccc2n1CC(F)=CCN.Cl. The number of rotatable bonds is 7. The van der Waals surface area contributed by atoms with Gasteiger partial charge in [-0.25, -0.2) is 17.1 Å². The molecule has 2 aromatic heterocycles. The zero-order valence-corrected chi connectivity index (χ0v) is 18.8. The van der Waals surface area contributed by atoms with Crippen molar-refractivity contribution in [2.45, 2.75) is 24.8 Å². The maximum Gasteiger partial charge on any atom is 0.242 e. The Morgan fingerprint density at radius 2 is 1.90 bits per heavy atom. The lowest BCUT2D eigenvalue weighted by Crippen LogP contribution is -2.22. The molecule has 0 atom stereocenters. The van der Waals surface area contributed by atoms with E-state index >= 15 is 0 Å². The summed E-state index contributed by atoms with van der Waals surface area (Å²) in [5, 5.41) is 0.954. The minimum absolute atomic E-state index is 0. The minimum Gasteiger partial charge on any atom is -0.338 e. The number of fused-ring (bicyclic) bond motifs is 1. The summed E-state index contributed by atoms with van der Waals surface area (Å²) < 4.78 is 41.8. The number of allylic oxidation sites excluding steroid dienone is 1. The summed E-state index contributed by atoms with van der Waals surface area (Å²) in [6.07, 6.45) is 5.43. The van der Waals surface area contributed by atoms with Gasteiger partial charge in [0.05, 0.1) is 17.0 Å². The van der Waals surface area contributed by atoms with Gasteiger partial charge in [0.15, 0.2) is 0 Å². The van der Waals surface area contributed by atoms with Crippen molar-refractivity contribution in [2.24, 2.45) is 5.73 Å². The largest absolute Gasteiger partial charge is 0.338 e. The van der Waals surface area contributed by atoms with E-state index in [0.29, 0.717) is 6.42 Å². The molecule has 6 nitrogen and oxygen atoms in total. The third-order valence-electron chi connectivity index (χ3n) is 4.99. The highest BCUT2D eigenvalue weighted by Gasteiger charge is 2.18. The van der Waals surface area contributed by atoms with E-state index in [1.54, 1.807) is 24.5 Å². The Bertz CT molecular complexity index is 1160. The first-order valence-corrected chi connectivity index (χ1v) is 10.7. The molecule has 0 fully saturated rings. The van der Waals surface area contributed by atoms with Gasteiger partial charge >= 0.3 is 0 Å². The minimum atomic E-state index is -3.46. The van der Waals surface area contributed by atoms with Crippen molar-refractivity contribution >= 4 is 33.3 Å². The number of sulfonamides is 1. The van der Waals surface area contributed by atoms with Gasteiger partial charge in [-0.15, -0.1) is 12.4 Å². The number of nitrogens with zero attached hydrogens (tertiary/aromatic N) is 3. The Hall–Kier alpha value is -2.26. The Morgan fingerprint density at radius 1 is 1.23 bits per heavy atom. The van der Waals surface area contributed by atoms with Crippen LogP contribution in [0.4, 0.5) is 4.39 Å². The Kier molecular flexibility index (Phi) is 7.76.